The van der Waals surface area contributed by atoms with Crippen molar-refractivity contribution in [1.29, 1.82) is 5.41 Å². The van der Waals surface area contributed by atoms with Crippen molar-refractivity contribution < 1.29 is 62.8 Å². The summed E-state index contributed by atoms with van der Waals surface area (Å²) in [6.45, 7) is 29.0. The summed E-state index contributed by atoms with van der Waals surface area (Å²) in [4.78, 5) is 59.4. The minimum absolute atomic E-state index is 0. The SMILES string of the molecule is C=C(C)CCCOCOC(C)COCC(C)OC(=O)CC/C(C)=N/NC(N)=O.CCCCC.CCCCC.CN=C(C)CCC(=O)OC(C)COCC(C)OC(=O)CCC(C)=N.CNC(=O)NC.[HH].[HH].[HH].[HH]. The molecule has 0 aromatic heterocycles. The minimum atomic E-state index is -0.750. The standard InChI is InChI=1S/C19H35N3O6.C17H30N2O5.2C5H12.C3H8N2O.4H2/c1-14(2)7-6-10-25-13-27-16(4)11-26-12-17(5)28-18(23)9-8-15(3)21-22-19(20)24;1-12(18)6-8-16(20)23-14(3)10-22-11-15(4)24-17(21)9-7-13(2)19-5;2*1-3-5-4-2;1-4-3(6)5-2;;;;/h16-17H,1,6-13H2,2-5H3,(H3,20,22,24);14-15,18H,6-11H2,1-5H3;2*3-5H2,1-2H3;1-2H3,(H2,4,5,6);4*1H/b21-15+;;;;;;;;. The molecule has 0 fully saturated rings. The molecule has 68 heavy (non-hydrogen) atoms. The molecule has 0 saturated heterocycles. The third-order valence-electron chi connectivity index (χ3n) is 8.43. The van der Waals surface area contributed by atoms with E-state index < -0.39 is 6.03 Å². The highest BCUT2D eigenvalue weighted by Crippen LogP contribution is 2.05. The van der Waals surface area contributed by atoms with Gasteiger partial charge < -0.3 is 54.9 Å². The molecule has 0 rings (SSSR count). The minimum Gasteiger partial charge on any atom is -0.460 e. The summed E-state index contributed by atoms with van der Waals surface area (Å²) in [6, 6.07) is -0.907. The van der Waals surface area contributed by atoms with Crippen molar-refractivity contribution >= 4 is 47.1 Å². The monoisotopic (exact) mass is 984 g/mol. The van der Waals surface area contributed by atoms with Crippen molar-refractivity contribution in [3.63, 3.8) is 0 Å². The molecule has 0 radical (unpaired) electrons. The second kappa shape index (κ2) is 53.5. The number of urea groups is 2. The lowest BCUT2D eigenvalue weighted by Gasteiger charge is -2.17. The predicted molar refractivity (Wildman–Crippen MR) is 282 cm³/mol. The summed E-state index contributed by atoms with van der Waals surface area (Å²) in [6.07, 6.45) is 10.8. The average molecular weight is 984 g/mol. The van der Waals surface area contributed by atoms with E-state index in [1.165, 1.54) is 38.5 Å². The molecule has 0 aliphatic carbocycles. The molecule has 19 heteroatoms. The Balaban J connectivity index is -0.000000116. The lowest BCUT2D eigenvalue weighted by atomic mass is 10.2. The van der Waals surface area contributed by atoms with Crippen LogP contribution in [0, 0.1) is 5.41 Å². The van der Waals surface area contributed by atoms with Crippen molar-refractivity contribution in [1.82, 2.24) is 16.1 Å². The molecule has 4 amide bonds. The summed E-state index contributed by atoms with van der Waals surface area (Å²) in [5.41, 5.74) is 10.1. The topological polar surface area (TPSA) is 261 Å². The number of carbonyl (C=O) groups is 5. The number of nitrogens with one attached hydrogen (secondary N) is 4. The molecule has 4 unspecified atom stereocenters. The van der Waals surface area contributed by atoms with Crippen LogP contribution in [0.25, 0.3) is 0 Å². The Morgan fingerprint density at radius 1 is 0.603 bits per heavy atom. The number of primary amides is 1. The molecule has 0 heterocycles. The van der Waals surface area contributed by atoms with E-state index in [0.717, 1.165) is 24.1 Å². The quantitative estimate of drug-likeness (QED) is 0.00802. The number of unbranched alkanes of at least 4 members (excludes halogenated alkanes) is 4. The summed E-state index contributed by atoms with van der Waals surface area (Å²) >= 11 is 0. The van der Waals surface area contributed by atoms with E-state index in [1.807, 2.05) is 20.8 Å². The normalized spacial score (nSPS) is 12.4. The number of nitrogens with zero attached hydrogens (tertiary/aromatic N) is 2. The number of allylic oxidation sites excluding steroid dienone is 1. The molecule has 0 aliphatic heterocycles. The summed E-state index contributed by atoms with van der Waals surface area (Å²) in [5.74, 6) is -0.988. The maximum Gasteiger partial charge on any atom is 0.332 e. The second-order valence-electron chi connectivity index (χ2n) is 16.1. The smallest absolute Gasteiger partial charge is 0.332 e. The molecule has 0 saturated carbocycles. The third-order valence-corrected chi connectivity index (χ3v) is 8.43. The van der Waals surface area contributed by atoms with Crippen LogP contribution >= 0.6 is 0 Å². The Labute approximate surface area is 417 Å². The summed E-state index contributed by atoms with van der Waals surface area (Å²) < 4.78 is 37.4. The zero-order valence-electron chi connectivity index (χ0n) is 45.0. The van der Waals surface area contributed by atoms with Crippen LogP contribution in [0.3, 0.4) is 0 Å². The van der Waals surface area contributed by atoms with Crippen molar-refractivity contribution in [3.8, 4) is 0 Å². The fraction of sp³-hybridized carbons (Fsp3) is 0.796. The van der Waals surface area contributed by atoms with E-state index in [4.69, 9.17) is 44.3 Å². The molecule has 408 valence electrons. The maximum atomic E-state index is 11.8. The molecule has 6 N–H and O–H groups in total. The number of nitrogens with two attached hydrogens (primary N) is 1. The van der Waals surface area contributed by atoms with Crippen LogP contribution in [0.2, 0.25) is 0 Å². The highest BCUT2D eigenvalue weighted by atomic mass is 16.7. The van der Waals surface area contributed by atoms with E-state index in [1.54, 1.807) is 55.8 Å². The van der Waals surface area contributed by atoms with Crippen LogP contribution in [0.4, 0.5) is 9.59 Å². The van der Waals surface area contributed by atoms with Crippen LogP contribution in [-0.2, 0) is 47.5 Å². The van der Waals surface area contributed by atoms with Gasteiger partial charge in [-0.1, -0.05) is 71.8 Å². The maximum absolute atomic E-state index is 11.8. The van der Waals surface area contributed by atoms with Crippen LogP contribution < -0.4 is 21.8 Å². The molecule has 0 spiro atoms. The van der Waals surface area contributed by atoms with E-state index in [9.17, 15) is 24.0 Å². The van der Waals surface area contributed by atoms with Gasteiger partial charge >= 0.3 is 30.0 Å². The number of aliphatic imine (C=N–C) groups is 1. The molecule has 0 bridgehead atoms. The zero-order chi connectivity index (χ0) is 53.1. The zero-order valence-corrected chi connectivity index (χ0v) is 45.0. The Hall–Kier alpha value is -4.46. The first kappa shape index (κ1) is 72.5. The fourth-order valence-electron chi connectivity index (χ4n) is 4.51. The Bertz CT molecular complexity index is 1370. The van der Waals surface area contributed by atoms with Gasteiger partial charge in [-0.3, -0.25) is 19.4 Å². The number of ether oxygens (including phenoxy) is 7. The van der Waals surface area contributed by atoms with Gasteiger partial charge in [0, 0.05) is 50.6 Å². The number of hydrogen-bond acceptors (Lipinski definition) is 15. The van der Waals surface area contributed by atoms with E-state index in [-0.39, 0.29) is 93.5 Å². The lowest BCUT2D eigenvalue weighted by molar-refractivity contribution is -0.155. The Morgan fingerprint density at radius 3 is 1.32 bits per heavy atom. The number of rotatable bonds is 32. The molecule has 4 atom stereocenters. The Kier molecular flexibility index (Phi) is 57.1. The van der Waals surface area contributed by atoms with E-state index in [2.05, 4.69) is 60.4 Å². The van der Waals surface area contributed by atoms with Gasteiger partial charge in [0.25, 0.3) is 0 Å². The van der Waals surface area contributed by atoms with E-state index >= 15 is 0 Å². The van der Waals surface area contributed by atoms with Gasteiger partial charge in [0.2, 0.25) is 0 Å². The summed E-state index contributed by atoms with van der Waals surface area (Å²) in [5, 5.41) is 15.7. The molecule has 0 aromatic carbocycles. The number of carbonyl (C=O) groups excluding carboxylic acids is 5. The molecule has 19 nitrogen and oxygen atoms in total. The predicted octanol–water partition coefficient (Wildman–Crippen LogP) is 9.97. The lowest BCUT2D eigenvalue weighted by Crippen LogP contribution is -2.28. The van der Waals surface area contributed by atoms with Crippen molar-refractivity contribution in [2.75, 3.05) is 61.0 Å². The molecular formula is C49H105N7O12. The molecule has 0 aliphatic rings. The van der Waals surface area contributed by atoms with Crippen LogP contribution in [-0.4, -0.2) is 132 Å². The van der Waals surface area contributed by atoms with Gasteiger partial charge in [-0.2, -0.15) is 5.10 Å². The van der Waals surface area contributed by atoms with Crippen molar-refractivity contribution in [2.45, 2.75) is 197 Å². The third kappa shape index (κ3) is 65.8. The van der Waals surface area contributed by atoms with Gasteiger partial charge in [0.1, 0.15) is 25.1 Å². The number of hydrazone groups is 1. The fourth-order valence-corrected chi connectivity index (χ4v) is 4.51. The largest absolute Gasteiger partial charge is 0.460 e. The second-order valence-corrected chi connectivity index (χ2v) is 16.1. The molecular weight excluding hydrogens is 879 g/mol. The van der Waals surface area contributed by atoms with Gasteiger partial charge in [0.15, 0.2) is 0 Å². The number of hydrogen-bond donors (Lipinski definition) is 5. The molecule has 0 aromatic rings. The van der Waals surface area contributed by atoms with Crippen molar-refractivity contribution in [3.05, 3.63) is 12.2 Å². The van der Waals surface area contributed by atoms with Crippen LogP contribution in [0.1, 0.15) is 179 Å². The van der Waals surface area contributed by atoms with Gasteiger partial charge in [-0.15, -0.1) is 6.58 Å². The average Bonchev–Trinajstić information content (AvgIpc) is 3.28. The highest BCUT2D eigenvalue weighted by molar-refractivity contribution is 5.87. The first-order valence-electron chi connectivity index (χ1n) is 24.1. The van der Waals surface area contributed by atoms with Crippen LogP contribution in [0.5, 0.6) is 0 Å². The van der Waals surface area contributed by atoms with Gasteiger partial charge in [0.05, 0.1) is 51.8 Å². The van der Waals surface area contributed by atoms with Gasteiger partial charge in [-0.25, -0.2) is 15.0 Å². The first-order valence-corrected chi connectivity index (χ1v) is 24.1. The van der Waals surface area contributed by atoms with Gasteiger partial charge in [-0.05, 0) is 87.5 Å². The Morgan fingerprint density at radius 2 is 1.00 bits per heavy atom. The number of esters is 3. The first-order chi connectivity index (χ1) is 32.1. The van der Waals surface area contributed by atoms with E-state index in [0.29, 0.717) is 50.3 Å². The summed E-state index contributed by atoms with van der Waals surface area (Å²) in [7, 11) is 4.83. The highest BCUT2D eigenvalue weighted by Gasteiger charge is 2.14. The van der Waals surface area contributed by atoms with Crippen LogP contribution in [0.15, 0.2) is 22.2 Å². The van der Waals surface area contributed by atoms with Crippen molar-refractivity contribution in [2.24, 2.45) is 15.8 Å². The number of amides is 4.